The van der Waals surface area contributed by atoms with Crippen molar-refractivity contribution in [1.82, 2.24) is 0 Å². The first-order chi connectivity index (χ1) is 23.2. The summed E-state index contributed by atoms with van der Waals surface area (Å²) in [4.78, 5) is 49.4. The van der Waals surface area contributed by atoms with Crippen molar-refractivity contribution in [3.8, 4) is 0 Å². The second-order valence-corrected chi connectivity index (χ2v) is 12.3. The molecule has 0 saturated carbocycles. The van der Waals surface area contributed by atoms with Crippen LogP contribution in [-0.2, 0) is 38.1 Å². The highest BCUT2D eigenvalue weighted by Gasteiger charge is 2.35. The lowest BCUT2D eigenvalue weighted by Gasteiger charge is -2.20. The molecule has 0 bridgehead atoms. The number of hydrogen-bond acceptors (Lipinski definition) is 10. The highest BCUT2D eigenvalue weighted by atomic mass is 16.5. The third-order valence-corrected chi connectivity index (χ3v) is 8.86. The average Bonchev–Trinajstić information content (AvgIpc) is 3.09. The number of aliphatic hydroxyl groups excluding tert-OH is 2. The lowest BCUT2D eigenvalue weighted by molar-refractivity contribution is -0.121. The summed E-state index contributed by atoms with van der Waals surface area (Å²) in [6.45, 7) is 3.93. The highest BCUT2D eigenvalue weighted by Crippen LogP contribution is 2.30. The summed E-state index contributed by atoms with van der Waals surface area (Å²) in [6.07, 6.45) is 18.3. The molecule has 0 spiro atoms. The molecule has 48 heavy (non-hydrogen) atoms. The topological polar surface area (TPSA) is 146 Å². The number of methoxy groups -OCH3 is 4. The third-order valence-electron chi connectivity index (χ3n) is 8.86. The predicted octanol–water partition coefficient (Wildman–Crippen LogP) is 6.92. The van der Waals surface area contributed by atoms with Crippen molar-refractivity contribution < 1.29 is 48.3 Å². The molecule has 0 amide bonds. The molecule has 0 unspecified atom stereocenters. The summed E-state index contributed by atoms with van der Waals surface area (Å²) < 4.78 is 20.2. The lowest BCUT2D eigenvalue weighted by Crippen LogP contribution is -2.25. The van der Waals surface area contributed by atoms with Crippen LogP contribution in [0.15, 0.2) is 45.3 Å². The van der Waals surface area contributed by atoms with E-state index in [9.17, 15) is 19.2 Å². The van der Waals surface area contributed by atoms with Gasteiger partial charge in [0, 0.05) is 35.5 Å². The largest absolute Gasteiger partial charge is 0.489 e. The van der Waals surface area contributed by atoms with Gasteiger partial charge in [0.05, 0.1) is 28.4 Å². The summed E-state index contributed by atoms with van der Waals surface area (Å²) in [7, 11) is 5.51. The molecule has 10 heteroatoms. The molecule has 272 valence electrons. The van der Waals surface area contributed by atoms with E-state index in [0.717, 1.165) is 64.2 Å². The monoisotopic (exact) mass is 676 g/mol. The van der Waals surface area contributed by atoms with Gasteiger partial charge in [-0.25, -0.2) is 0 Å². The summed E-state index contributed by atoms with van der Waals surface area (Å²) in [5.74, 6) is -0.913. The van der Waals surface area contributed by atoms with Gasteiger partial charge in [0.1, 0.15) is 0 Å². The fraction of sp³-hybridized carbons (Fsp3) is 0.684. The van der Waals surface area contributed by atoms with Gasteiger partial charge in [-0.05, 0) is 52.4 Å². The van der Waals surface area contributed by atoms with E-state index in [2.05, 4.69) is 0 Å². The Morgan fingerprint density at radius 2 is 0.604 bits per heavy atom. The van der Waals surface area contributed by atoms with Crippen LogP contribution in [0.25, 0.3) is 0 Å². The Hall–Kier alpha value is -3.24. The van der Waals surface area contributed by atoms with Crippen molar-refractivity contribution in [1.29, 1.82) is 0 Å². The SMILES string of the molecule is COC1=C(OC)C(=O)C(CCCCCCCCCCO)=C(C)C1=O.COC1=C(OC)C(=O)C(CCCCCCCCCCO)=C(C)C1=O. The fourth-order valence-electron chi connectivity index (χ4n) is 5.93. The molecule has 0 heterocycles. The molecule has 0 aromatic heterocycles. The van der Waals surface area contributed by atoms with E-state index in [4.69, 9.17) is 29.2 Å². The lowest BCUT2D eigenvalue weighted by atomic mass is 9.89. The number of carbonyl (C=O) groups is 4. The second-order valence-electron chi connectivity index (χ2n) is 12.3. The van der Waals surface area contributed by atoms with Gasteiger partial charge in [0.15, 0.2) is 0 Å². The Kier molecular flexibility index (Phi) is 22.1. The van der Waals surface area contributed by atoms with Gasteiger partial charge in [-0.2, -0.15) is 0 Å². The number of ketones is 4. The van der Waals surface area contributed by atoms with Crippen LogP contribution in [0.3, 0.4) is 0 Å². The Morgan fingerprint density at radius 3 is 0.854 bits per heavy atom. The molecule has 2 rings (SSSR count). The molecule has 2 aliphatic carbocycles. The van der Waals surface area contributed by atoms with Crippen LogP contribution in [0.2, 0.25) is 0 Å². The van der Waals surface area contributed by atoms with Gasteiger partial charge in [0.25, 0.3) is 0 Å². The van der Waals surface area contributed by atoms with Crippen molar-refractivity contribution in [2.75, 3.05) is 41.7 Å². The van der Waals surface area contributed by atoms with Gasteiger partial charge in [-0.1, -0.05) is 77.0 Å². The van der Waals surface area contributed by atoms with Crippen LogP contribution < -0.4 is 0 Å². The van der Waals surface area contributed by atoms with Gasteiger partial charge >= 0.3 is 0 Å². The smallest absolute Gasteiger partial charge is 0.228 e. The normalized spacial score (nSPS) is 15.3. The fourth-order valence-corrected chi connectivity index (χ4v) is 5.93. The predicted molar refractivity (Wildman–Crippen MR) is 185 cm³/mol. The summed E-state index contributed by atoms with van der Waals surface area (Å²) in [6, 6.07) is 0. The number of allylic oxidation sites excluding steroid dienone is 4. The number of Topliss-reactive ketones (excluding diaryl/α,β-unsaturated/α-hetero) is 4. The summed E-state index contributed by atoms with van der Waals surface area (Å²) >= 11 is 0. The summed E-state index contributed by atoms with van der Waals surface area (Å²) in [5, 5.41) is 17.4. The van der Waals surface area contributed by atoms with Crippen molar-refractivity contribution in [2.45, 2.75) is 129 Å². The zero-order valence-electron chi connectivity index (χ0n) is 30.3. The maximum atomic E-state index is 12.5. The Balaban J connectivity index is 0.000000480. The first-order valence-electron chi connectivity index (χ1n) is 17.6. The standard InChI is InChI=1S/2C19H30O5/c2*1-14-15(12-10-8-6-4-5-7-9-11-13-20)17(22)19(24-3)18(23-2)16(14)21/h2*20H,4-13H2,1-3H3. The molecule has 10 nitrogen and oxygen atoms in total. The molecule has 2 N–H and O–H groups in total. The zero-order chi connectivity index (χ0) is 35.9. The molecule has 0 radical (unpaired) electrons. The van der Waals surface area contributed by atoms with E-state index in [1.165, 1.54) is 67.0 Å². The minimum Gasteiger partial charge on any atom is -0.489 e. The molecule has 0 saturated heterocycles. The number of aliphatic hydroxyl groups is 2. The number of rotatable bonds is 24. The maximum Gasteiger partial charge on any atom is 0.228 e. The summed E-state index contributed by atoms with van der Waals surface area (Å²) in [5.41, 5.74) is 2.06. The zero-order valence-corrected chi connectivity index (χ0v) is 30.3. The second kappa shape index (κ2) is 24.8. The van der Waals surface area contributed by atoms with E-state index in [-0.39, 0.29) is 59.4 Å². The average molecular weight is 677 g/mol. The van der Waals surface area contributed by atoms with Crippen molar-refractivity contribution in [3.05, 3.63) is 45.3 Å². The van der Waals surface area contributed by atoms with Crippen LogP contribution in [0.5, 0.6) is 0 Å². The molecular weight excluding hydrogens is 616 g/mol. The number of hydrogen-bond donors (Lipinski definition) is 2. The van der Waals surface area contributed by atoms with Crippen molar-refractivity contribution >= 4 is 23.1 Å². The quantitative estimate of drug-likeness (QED) is 0.0816. The first kappa shape index (κ1) is 42.8. The number of ether oxygens (including phenoxy) is 4. The third kappa shape index (κ3) is 13.3. The van der Waals surface area contributed by atoms with Crippen LogP contribution in [0.1, 0.15) is 129 Å². The Labute approximate surface area is 287 Å². The van der Waals surface area contributed by atoms with Gasteiger partial charge in [-0.3, -0.25) is 19.2 Å². The number of unbranched alkanes of at least 4 members (excludes halogenated alkanes) is 14. The van der Waals surface area contributed by atoms with Gasteiger partial charge < -0.3 is 29.2 Å². The molecule has 0 aliphatic heterocycles. The van der Waals surface area contributed by atoms with Gasteiger partial charge in [0.2, 0.25) is 46.2 Å². The van der Waals surface area contributed by atoms with Crippen LogP contribution in [0.4, 0.5) is 0 Å². The highest BCUT2D eigenvalue weighted by molar-refractivity contribution is 6.24. The van der Waals surface area contributed by atoms with E-state index < -0.39 is 0 Å². The first-order valence-corrected chi connectivity index (χ1v) is 17.6. The Bertz CT molecular complexity index is 1100. The van der Waals surface area contributed by atoms with Crippen molar-refractivity contribution in [3.63, 3.8) is 0 Å². The minimum absolute atomic E-state index is 0.00614. The molecule has 0 fully saturated rings. The van der Waals surface area contributed by atoms with Crippen LogP contribution in [0, 0.1) is 0 Å². The molecule has 0 aromatic carbocycles. The molecule has 0 aromatic rings. The van der Waals surface area contributed by atoms with E-state index in [0.29, 0.717) is 35.1 Å². The molecule has 2 aliphatic rings. The van der Waals surface area contributed by atoms with Gasteiger partial charge in [-0.15, -0.1) is 0 Å². The minimum atomic E-state index is -0.257. The Morgan fingerprint density at radius 1 is 0.375 bits per heavy atom. The van der Waals surface area contributed by atoms with E-state index >= 15 is 0 Å². The molecular formula is C38H60O10. The van der Waals surface area contributed by atoms with E-state index in [1.807, 2.05) is 0 Å². The molecule has 0 atom stereocenters. The van der Waals surface area contributed by atoms with E-state index in [1.54, 1.807) is 13.8 Å². The number of carbonyl (C=O) groups excluding carboxylic acids is 4. The van der Waals surface area contributed by atoms with Crippen LogP contribution >= 0.6 is 0 Å². The maximum absolute atomic E-state index is 12.5. The van der Waals surface area contributed by atoms with Crippen molar-refractivity contribution in [2.24, 2.45) is 0 Å². The van der Waals surface area contributed by atoms with Crippen LogP contribution in [-0.4, -0.2) is 75.0 Å².